The molecule has 0 fully saturated rings. The Morgan fingerprint density at radius 1 is 1.17 bits per heavy atom. The van der Waals surface area contributed by atoms with E-state index in [1.165, 1.54) is 32.2 Å². The van der Waals surface area contributed by atoms with Gasteiger partial charge in [-0.05, 0) is 19.1 Å². The highest BCUT2D eigenvalue weighted by atomic mass is 19.3. The third-order valence-corrected chi connectivity index (χ3v) is 2.16. The Balaban J connectivity index is 2.96. The predicted molar refractivity (Wildman–Crippen MR) is 58.7 cm³/mol. The first-order chi connectivity index (χ1) is 8.43. The summed E-state index contributed by atoms with van der Waals surface area (Å²) in [7, 11) is 1.38. The molecule has 0 bridgehead atoms. The second-order valence-electron chi connectivity index (χ2n) is 3.51. The van der Waals surface area contributed by atoms with E-state index >= 15 is 0 Å². The molecule has 1 aromatic carbocycles. The van der Waals surface area contributed by atoms with Crippen LogP contribution in [0.5, 0.6) is 11.5 Å². The Morgan fingerprint density at radius 2 is 1.83 bits per heavy atom. The number of nitrogens with one attached hydrogen (secondary N) is 1. The van der Waals surface area contributed by atoms with Crippen LogP contribution in [-0.2, 0) is 0 Å². The molecule has 7 heteroatoms. The second kappa shape index (κ2) is 6.32. The van der Waals surface area contributed by atoms with Crippen molar-refractivity contribution in [2.75, 3.05) is 12.4 Å². The van der Waals surface area contributed by atoms with Crippen LogP contribution < -0.4 is 14.8 Å². The van der Waals surface area contributed by atoms with Gasteiger partial charge in [0.2, 0.25) is 0 Å². The molecule has 0 spiro atoms. The molecular weight excluding hydrogens is 254 g/mol. The summed E-state index contributed by atoms with van der Waals surface area (Å²) >= 11 is 0. The minimum absolute atomic E-state index is 0.0300. The van der Waals surface area contributed by atoms with Crippen LogP contribution in [-0.4, -0.2) is 26.2 Å². The van der Waals surface area contributed by atoms with Gasteiger partial charge in [0, 0.05) is 6.07 Å². The number of alkyl halides is 4. The number of anilines is 1. The summed E-state index contributed by atoms with van der Waals surface area (Å²) in [5.41, 5.74) is 0.0300. The Bertz CT molecular complexity index is 387. The van der Waals surface area contributed by atoms with Gasteiger partial charge in [0.25, 0.3) is 6.43 Å². The van der Waals surface area contributed by atoms with Crippen LogP contribution in [0.3, 0.4) is 0 Å². The Morgan fingerprint density at radius 3 is 2.33 bits per heavy atom. The molecule has 3 nitrogen and oxygen atoms in total. The lowest BCUT2D eigenvalue weighted by atomic mass is 10.2. The average molecular weight is 267 g/mol. The molecule has 1 N–H and O–H groups in total. The topological polar surface area (TPSA) is 30.5 Å². The molecule has 0 aliphatic carbocycles. The van der Waals surface area contributed by atoms with Crippen molar-refractivity contribution in [1.82, 2.24) is 0 Å². The largest absolute Gasteiger partial charge is 0.497 e. The number of methoxy groups -OCH3 is 1. The van der Waals surface area contributed by atoms with Gasteiger partial charge < -0.3 is 14.8 Å². The molecular formula is C11H13F4NO2. The maximum Gasteiger partial charge on any atom is 0.387 e. The average Bonchev–Trinajstić information content (AvgIpc) is 2.30. The van der Waals surface area contributed by atoms with Gasteiger partial charge in [-0.3, -0.25) is 0 Å². The Kier molecular flexibility index (Phi) is 5.06. The molecule has 0 aromatic heterocycles. The van der Waals surface area contributed by atoms with Crippen molar-refractivity contribution in [2.24, 2.45) is 0 Å². The van der Waals surface area contributed by atoms with Crippen LogP contribution in [0, 0.1) is 0 Å². The van der Waals surface area contributed by atoms with Crippen molar-refractivity contribution in [3.05, 3.63) is 18.2 Å². The summed E-state index contributed by atoms with van der Waals surface area (Å²) in [4.78, 5) is 0. The summed E-state index contributed by atoms with van der Waals surface area (Å²) in [6.07, 6.45) is -2.63. The number of ether oxygens (including phenoxy) is 2. The van der Waals surface area contributed by atoms with E-state index in [1.54, 1.807) is 0 Å². The van der Waals surface area contributed by atoms with Crippen molar-refractivity contribution >= 4 is 5.69 Å². The van der Waals surface area contributed by atoms with Gasteiger partial charge in [-0.15, -0.1) is 0 Å². The molecule has 1 unspecified atom stereocenters. The molecule has 102 valence electrons. The SMILES string of the molecule is COc1ccc(OC(F)F)c(NC(C)C(F)F)c1. The third kappa shape index (κ3) is 3.97. The van der Waals surface area contributed by atoms with Crippen molar-refractivity contribution < 1.29 is 27.0 Å². The number of hydrogen-bond donors (Lipinski definition) is 1. The van der Waals surface area contributed by atoms with Crippen LogP contribution in [0.25, 0.3) is 0 Å². The Labute approximate surface area is 102 Å². The zero-order valence-electron chi connectivity index (χ0n) is 9.79. The van der Waals surface area contributed by atoms with Crippen LogP contribution >= 0.6 is 0 Å². The van der Waals surface area contributed by atoms with Crippen molar-refractivity contribution in [3.63, 3.8) is 0 Å². The van der Waals surface area contributed by atoms with Crippen LogP contribution in [0.4, 0.5) is 23.2 Å². The molecule has 0 saturated heterocycles. The molecule has 1 aromatic rings. The summed E-state index contributed by atoms with van der Waals surface area (Å²) in [5, 5.41) is 2.40. The van der Waals surface area contributed by atoms with Gasteiger partial charge in [0.15, 0.2) is 0 Å². The zero-order chi connectivity index (χ0) is 13.7. The van der Waals surface area contributed by atoms with E-state index in [4.69, 9.17) is 4.74 Å². The maximum atomic E-state index is 12.4. The van der Waals surface area contributed by atoms with E-state index in [0.717, 1.165) is 0 Å². The number of halogens is 4. The lowest BCUT2D eigenvalue weighted by Crippen LogP contribution is -2.24. The quantitative estimate of drug-likeness (QED) is 0.802. The molecule has 0 aliphatic heterocycles. The summed E-state index contributed by atoms with van der Waals surface area (Å²) < 4.78 is 58.2. The van der Waals surface area contributed by atoms with Crippen LogP contribution in [0.1, 0.15) is 6.92 Å². The van der Waals surface area contributed by atoms with E-state index in [1.807, 2.05) is 0 Å². The lowest BCUT2D eigenvalue weighted by molar-refractivity contribution is -0.0494. The third-order valence-electron chi connectivity index (χ3n) is 2.16. The van der Waals surface area contributed by atoms with E-state index in [-0.39, 0.29) is 11.4 Å². The van der Waals surface area contributed by atoms with Gasteiger partial charge in [-0.25, -0.2) is 8.78 Å². The van der Waals surface area contributed by atoms with Gasteiger partial charge in [0.1, 0.15) is 11.5 Å². The summed E-state index contributed by atoms with van der Waals surface area (Å²) in [6, 6.07) is 2.75. The van der Waals surface area contributed by atoms with Crippen LogP contribution in [0.15, 0.2) is 18.2 Å². The summed E-state index contributed by atoms with van der Waals surface area (Å²) in [5.74, 6) is 0.138. The smallest absolute Gasteiger partial charge is 0.387 e. The minimum Gasteiger partial charge on any atom is -0.497 e. The molecule has 0 saturated carbocycles. The highest BCUT2D eigenvalue weighted by molar-refractivity contribution is 5.60. The molecule has 18 heavy (non-hydrogen) atoms. The first-order valence-corrected chi connectivity index (χ1v) is 5.11. The molecule has 0 heterocycles. The number of benzene rings is 1. The number of hydrogen-bond acceptors (Lipinski definition) is 3. The van der Waals surface area contributed by atoms with Gasteiger partial charge in [-0.1, -0.05) is 0 Å². The second-order valence-corrected chi connectivity index (χ2v) is 3.51. The molecule has 0 aliphatic rings. The van der Waals surface area contributed by atoms with E-state index in [0.29, 0.717) is 5.75 Å². The molecule has 0 radical (unpaired) electrons. The Hall–Kier alpha value is -1.66. The zero-order valence-corrected chi connectivity index (χ0v) is 9.79. The fourth-order valence-electron chi connectivity index (χ4n) is 1.26. The molecule has 1 atom stereocenters. The lowest BCUT2D eigenvalue weighted by Gasteiger charge is -2.18. The fourth-order valence-corrected chi connectivity index (χ4v) is 1.26. The minimum atomic E-state index is -3.03. The van der Waals surface area contributed by atoms with Crippen LogP contribution in [0.2, 0.25) is 0 Å². The van der Waals surface area contributed by atoms with E-state index in [9.17, 15) is 17.6 Å². The van der Waals surface area contributed by atoms with Crippen molar-refractivity contribution in [2.45, 2.75) is 26.0 Å². The normalized spacial score (nSPS) is 12.7. The van der Waals surface area contributed by atoms with Gasteiger partial charge in [0.05, 0.1) is 18.8 Å². The van der Waals surface area contributed by atoms with E-state index < -0.39 is 19.1 Å². The van der Waals surface area contributed by atoms with Crippen molar-refractivity contribution in [3.8, 4) is 11.5 Å². The summed E-state index contributed by atoms with van der Waals surface area (Å²) in [6.45, 7) is -1.79. The highest BCUT2D eigenvalue weighted by Gasteiger charge is 2.18. The van der Waals surface area contributed by atoms with E-state index in [2.05, 4.69) is 10.1 Å². The molecule has 1 rings (SSSR count). The standard InChI is InChI=1S/C11H13F4NO2/c1-6(10(12)13)16-8-5-7(17-2)3-4-9(8)18-11(14)15/h3-6,10-11,16H,1-2H3. The highest BCUT2D eigenvalue weighted by Crippen LogP contribution is 2.31. The molecule has 0 amide bonds. The first-order valence-electron chi connectivity index (χ1n) is 5.11. The fraction of sp³-hybridized carbons (Fsp3) is 0.455. The first kappa shape index (κ1) is 14.4. The van der Waals surface area contributed by atoms with Gasteiger partial charge >= 0.3 is 6.61 Å². The van der Waals surface area contributed by atoms with Gasteiger partial charge in [-0.2, -0.15) is 8.78 Å². The predicted octanol–water partition coefficient (Wildman–Crippen LogP) is 3.36. The number of rotatable bonds is 6. The van der Waals surface area contributed by atoms with Crippen molar-refractivity contribution in [1.29, 1.82) is 0 Å². The monoisotopic (exact) mass is 267 g/mol. The maximum absolute atomic E-state index is 12.4.